The summed E-state index contributed by atoms with van der Waals surface area (Å²) in [7, 11) is 0. The van der Waals surface area contributed by atoms with Crippen LogP contribution in [0.25, 0.3) is 10.2 Å². The van der Waals surface area contributed by atoms with E-state index in [1.807, 2.05) is 24.3 Å². The Kier molecular flexibility index (Phi) is 4.76. The first-order valence-electron chi connectivity index (χ1n) is 7.60. The summed E-state index contributed by atoms with van der Waals surface area (Å²) < 4.78 is 19.8. The van der Waals surface area contributed by atoms with Crippen molar-refractivity contribution < 1.29 is 13.9 Å². The van der Waals surface area contributed by atoms with Gasteiger partial charge in [0.25, 0.3) is 5.91 Å². The van der Waals surface area contributed by atoms with Crippen molar-refractivity contribution in [3.63, 3.8) is 0 Å². The first-order valence-corrected chi connectivity index (χ1v) is 8.42. The molecule has 1 N–H and O–H groups in total. The Balaban J connectivity index is 1.63. The summed E-state index contributed by atoms with van der Waals surface area (Å²) in [6.45, 7) is 4.07. The predicted octanol–water partition coefficient (Wildman–Crippen LogP) is 4.58. The van der Waals surface area contributed by atoms with Gasteiger partial charge in [-0.2, -0.15) is 0 Å². The molecule has 6 heteroatoms. The number of halogens is 1. The van der Waals surface area contributed by atoms with Crippen molar-refractivity contribution in [3.8, 4) is 5.75 Å². The van der Waals surface area contributed by atoms with Crippen LogP contribution in [0.5, 0.6) is 5.75 Å². The number of hydrogen-bond donors (Lipinski definition) is 1. The van der Waals surface area contributed by atoms with Gasteiger partial charge in [0.2, 0.25) is 0 Å². The van der Waals surface area contributed by atoms with Gasteiger partial charge < -0.3 is 4.74 Å². The third-order valence-corrected chi connectivity index (χ3v) is 4.45. The van der Waals surface area contributed by atoms with Crippen molar-refractivity contribution >= 4 is 32.6 Å². The lowest BCUT2D eigenvalue weighted by Gasteiger charge is -2.09. The van der Waals surface area contributed by atoms with E-state index in [0.29, 0.717) is 21.5 Å². The largest absolute Gasteiger partial charge is 0.484 e. The number of amides is 1. The number of nitrogens with zero attached hydrogens (tertiary/aromatic N) is 1. The van der Waals surface area contributed by atoms with E-state index in [1.165, 1.54) is 17.4 Å². The van der Waals surface area contributed by atoms with Crippen LogP contribution in [-0.2, 0) is 4.79 Å². The van der Waals surface area contributed by atoms with Gasteiger partial charge >= 0.3 is 0 Å². The van der Waals surface area contributed by atoms with E-state index in [4.69, 9.17) is 4.74 Å². The van der Waals surface area contributed by atoms with Gasteiger partial charge in [0.1, 0.15) is 17.1 Å². The van der Waals surface area contributed by atoms with Crippen LogP contribution in [0.15, 0.2) is 42.5 Å². The van der Waals surface area contributed by atoms with Gasteiger partial charge in [0.05, 0.1) is 4.70 Å². The molecule has 3 aromatic rings. The summed E-state index contributed by atoms with van der Waals surface area (Å²) >= 11 is 1.23. The fourth-order valence-electron chi connectivity index (χ4n) is 2.24. The highest BCUT2D eigenvalue weighted by atomic mass is 32.1. The van der Waals surface area contributed by atoms with Gasteiger partial charge in [0, 0.05) is 0 Å². The molecule has 1 amide bonds. The molecule has 124 valence electrons. The highest BCUT2D eigenvalue weighted by Gasteiger charge is 2.11. The number of anilines is 1. The standard InChI is InChI=1S/C18H17FN2O2S/c1-11(2)12-5-3-6-13(9-12)23-10-16(22)20-18-21-17-14(19)7-4-8-15(17)24-18/h3-9,11H,10H2,1-2H3,(H,20,21,22). The SMILES string of the molecule is CC(C)c1cccc(OCC(=O)Nc2nc3c(F)cccc3s2)c1. The minimum absolute atomic E-state index is 0.125. The zero-order valence-corrected chi connectivity index (χ0v) is 14.2. The Labute approximate surface area is 143 Å². The fourth-order valence-corrected chi connectivity index (χ4v) is 3.13. The summed E-state index contributed by atoms with van der Waals surface area (Å²) in [5.74, 6) is 0.308. The van der Waals surface area contributed by atoms with E-state index in [1.54, 1.807) is 12.1 Å². The lowest BCUT2D eigenvalue weighted by molar-refractivity contribution is -0.118. The van der Waals surface area contributed by atoms with Crippen LogP contribution in [0.2, 0.25) is 0 Å². The number of ether oxygens (including phenoxy) is 1. The monoisotopic (exact) mass is 344 g/mol. The first kappa shape index (κ1) is 16.4. The highest BCUT2D eigenvalue weighted by molar-refractivity contribution is 7.22. The lowest BCUT2D eigenvalue weighted by atomic mass is 10.0. The molecule has 0 bridgehead atoms. The molecule has 0 radical (unpaired) electrons. The van der Waals surface area contributed by atoms with E-state index in [2.05, 4.69) is 24.1 Å². The van der Waals surface area contributed by atoms with E-state index >= 15 is 0 Å². The van der Waals surface area contributed by atoms with Crippen molar-refractivity contribution in [2.45, 2.75) is 19.8 Å². The van der Waals surface area contributed by atoms with Crippen molar-refractivity contribution in [3.05, 3.63) is 53.8 Å². The van der Waals surface area contributed by atoms with Gasteiger partial charge in [-0.05, 0) is 35.7 Å². The molecule has 0 aliphatic rings. The molecule has 1 heterocycles. The maximum atomic E-state index is 13.6. The summed E-state index contributed by atoms with van der Waals surface area (Å²) in [6, 6.07) is 12.4. The topological polar surface area (TPSA) is 51.2 Å². The van der Waals surface area contributed by atoms with Gasteiger partial charge in [-0.25, -0.2) is 9.37 Å². The van der Waals surface area contributed by atoms with E-state index in [9.17, 15) is 9.18 Å². The Morgan fingerprint density at radius 2 is 2.08 bits per heavy atom. The normalized spacial score (nSPS) is 11.0. The number of nitrogens with one attached hydrogen (secondary N) is 1. The molecule has 0 saturated heterocycles. The van der Waals surface area contributed by atoms with Crippen LogP contribution < -0.4 is 10.1 Å². The van der Waals surface area contributed by atoms with Crippen LogP contribution in [0.3, 0.4) is 0 Å². The number of para-hydroxylation sites is 1. The molecule has 0 aliphatic carbocycles. The number of carbonyl (C=O) groups excluding carboxylic acids is 1. The zero-order chi connectivity index (χ0) is 17.1. The number of hydrogen-bond acceptors (Lipinski definition) is 4. The van der Waals surface area contributed by atoms with Gasteiger partial charge in [-0.1, -0.05) is 43.4 Å². The van der Waals surface area contributed by atoms with Crippen LogP contribution >= 0.6 is 11.3 Å². The Bertz CT molecular complexity index is 876. The Hall–Kier alpha value is -2.47. The van der Waals surface area contributed by atoms with Crippen LogP contribution in [-0.4, -0.2) is 17.5 Å². The maximum absolute atomic E-state index is 13.6. The maximum Gasteiger partial charge on any atom is 0.264 e. The average Bonchev–Trinajstić information content (AvgIpc) is 2.97. The number of thiazole rings is 1. The van der Waals surface area contributed by atoms with Crippen LogP contribution in [0.4, 0.5) is 9.52 Å². The number of fused-ring (bicyclic) bond motifs is 1. The van der Waals surface area contributed by atoms with Crippen LogP contribution in [0.1, 0.15) is 25.3 Å². The van der Waals surface area contributed by atoms with Crippen molar-refractivity contribution in [1.82, 2.24) is 4.98 Å². The Morgan fingerprint density at radius 3 is 2.83 bits per heavy atom. The fraction of sp³-hybridized carbons (Fsp3) is 0.222. The highest BCUT2D eigenvalue weighted by Crippen LogP contribution is 2.27. The number of aromatic nitrogens is 1. The number of rotatable bonds is 5. The van der Waals surface area contributed by atoms with Gasteiger partial charge in [0.15, 0.2) is 11.7 Å². The molecule has 4 nitrogen and oxygen atoms in total. The first-order chi connectivity index (χ1) is 11.5. The smallest absolute Gasteiger partial charge is 0.264 e. The molecule has 3 rings (SSSR count). The summed E-state index contributed by atoms with van der Waals surface area (Å²) in [5.41, 5.74) is 1.41. The van der Waals surface area contributed by atoms with Crippen molar-refractivity contribution in [1.29, 1.82) is 0 Å². The van der Waals surface area contributed by atoms with Crippen molar-refractivity contribution in [2.24, 2.45) is 0 Å². The van der Waals surface area contributed by atoms with E-state index in [0.717, 1.165) is 5.56 Å². The third kappa shape index (κ3) is 3.71. The molecule has 2 aromatic carbocycles. The molecule has 24 heavy (non-hydrogen) atoms. The summed E-state index contributed by atoms with van der Waals surface area (Å²) in [5, 5.41) is 3.00. The molecule has 0 unspecified atom stereocenters. The summed E-state index contributed by atoms with van der Waals surface area (Å²) in [4.78, 5) is 16.1. The summed E-state index contributed by atoms with van der Waals surface area (Å²) in [6.07, 6.45) is 0. The Morgan fingerprint density at radius 1 is 1.29 bits per heavy atom. The second-order valence-electron chi connectivity index (χ2n) is 5.67. The number of benzene rings is 2. The number of carbonyl (C=O) groups is 1. The molecule has 0 spiro atoms. The quantitative estimate of drug-likeness (QED) is 0.737. The molecule has 0 fully saturated rings. The molecular weight excluding hydrogens is 327 g/mol. The second kappa shape index (κ2) is 6.97. The third-order valence-electron chi connectivity index (χ3n) is 3.51. The minimum Gasteiger partial charge on any atom is -0.484 e. The molecule has 0 aliphatic heterocycles. The van der Waals surface area contributed by atoms with E-state index in [-0.39, 0.29) is 18.0 Å². The zero-order valence-electron chi connectivity index (χ0n) is 13.4. The molecular formula is C18H17FN2O2S. The van der Waals surface area contributed by atoms with Crippen LogP contribution in [0, 0.1) is 5.82 Å². The van der Waals surface area contributed by atoms with Gasteiger partial charge in [-0.3, -0.25) is 10.1 Å². The van der Waals surface area contributed by atoms with Crippen molar-refractivity contribution in [2.75, 3.05) is 11.9 Å². The lowest BCUT2D eigenvalue weighted by Crippen LogP contribution is -2.20. The molecule has 0 atom stereocenters. The van der Waals surface area contributed by atoms with Gasteiger partial charge in [-0.15, -0.1) is 0 Å². The minimum atomic E-state index is -0.397. The predicted molar refractivity (Wildman–Crippen MR) is 94.2 cm³/mol. The second-order valence-corrected chi connectivity index (χ2v) is 6.70. The van der Waals surface area contributed by atoms with E-state index < -0.39 is 5.82 Å². The molecule has 1 aromatic heterocycles. The molecule has 0 saturated carbocycles. The average molecular weight is 344 g/mol.